The van der Waals surface area contributed by atoms with Gasteiger partial charge in [-0.05, 0) is 30.3 Å². The van der Waals surface area contributed by atoms with Crippen molar-refractivity contribution < 1.29 is 4.74 Å². The van der Waals surface area contributed by atoms with E-state index in [-0.39, 0.29) is 0 Å². The molecule has 4 nitrogen and oxygen atoms in total. The predicted octanol–water partition coefficient (Wildman–Crippen LogP) is 2.84. The minimum absolute atomic E-state index is 0.820. The van der Waals surface area contributed by atoms with E-state index in [0.29, 0.717) is 0 Å². The topological polar surface area (TPSA) is 37.4 Å². The molecule has 2 aromatic rings. The largest absolute Gasteiger partial charge is 0.497 e. The number of hydrogen-bond acceptors (Lipinski definition) is 4. The molecule has 0 amide bonds. The Hall–Kier alpha value is -2.07. The first-order chi connectivity index (χ1) is 10.2. The van der Waals surface area contributed by atoms with Crippen molar-refractivity contribution in [2.75, 3.05) is 25.6 Å². The molecule has 2 rings (SSSR count). The lowest BCUT2D eigenvalue weighted by Gasteiger charge is -2.21. The summed E-state index contributed by atoms with van der Waals surface area (Å²) in [5.74, 6) is 1.90. The Morgan fingerprint density at radius 1 is 1.19 bits per heavy atom. The molecule has 0 spiro atoms. The minimum Gasteiger partial charge on any atom is -0.497 e. The third kappa shape index (κ3) is 4.20. The molecule has 0 fully saturated rings. The molecule has 0 saturated heterocycles. The third-order valence-corrected chi connectivity index (χ3v) is 3.37. The van der Waals surface area contributed by atoms with Gasteiger partial charge >= 0.3 is 0 Å². The summed E-state index contributed by atoms with van der Waals surface area (Å²) in [6.45, 7) is 4.72. The summed E-state index contributed by atoms with van der Waals surface area (Å²) in [6.07, 6.45) is 1.84. The van der Waals surface area contributed by atoms with Gasteiger partial charge in [0.05, 0.1) is 7.11 Å². The molecule has 0 radical (unpaired) electrons. The molecule has 112 valence electrons. The van der Waals surface area contributed by atoms with Crippen LogP contribution in [0.4, 0.5) is 5.82 Å². The van der Waals surface area contributed by atoms with Crippen molar-refractivity contribution in [3.05, 3.63) is 53.7 Å². The molecule has 0 saturated carbocycles. The fraction of sp³-hybridized carbons (Fsp3) is 0.353. The number of nitrogens with zero attached hydrogens (tertiary/aromatic N) is 2. The van der Waals surface area contributed by atoms with Gasteiger partial charge in [-0.25, -0.2) is 4.98 Å². The van der Waals surface area contributed by atoms with E-state index in [2.05, 4.69) is 47.4 Å². The second-order valence-corrected chi connectivity index (χ2v) is 4.97. The van der Waals surface area contributed by atoms with E-state index >= 15 is 0 Å². The highest BCUT2D eigenvalue weighted by atomic mass is 16.5. The number of nitrogens with one attached hydrogen (secondary N) is 1. The molecule has 0 unspecified atom stereocenters. The van der Waals surface area contributed by atoms with Crippen LogP contribution in [0.5, 0.6) is 5.75 Å². The zero-order chi connectivity index (χ0) is 15.1. The number of rotatable bonds is 7. The second kappa shape index (κ2) is 7.64. The van der Waals surface area contributed by atoms with Crippen LogP contribution in [0.1, 0.15) is 18.1 Å². The van der Waals surface area contributed by atoms with Crippen LogP contribution in [0.2, 0.25) is 0 Å². The number of pyridine rings is 1. The molecule has 1 N–H and O–H groups in total. The van der Waals surface area contributed by atoms with Gasteiger partial charge in [-0.3, -0.25) is 0 Å². The summed E-state index contributed by atoms with van der Waals surface area (Å²) >= 11 is 0. The third-order valence-electron chi connectivity index (χ3n) is 3.37. The van der Waals surface area contributed by atoms with Gasteiger partial charge in [0.2, 0.25) is 0 Å². The van der Waals surface area contributed by atoms with Crippen molar-refractivity contribution in [2.45, 2.75) is 20.0 Å². The Morgan fingerprint density at radius 3 is 2.62 bits per heavy atom. The lowest BCUT2D eigenvalue weighted by atomic mass is 10.2. The van der Waals surface area contributed by atoms with Gasteiger partial charge in [0.25, 0.3) is 0 Å². The standard InChI is InChI=1S/C17H23N3O/c1-4-18-12-15-6-5-11-19-17(15)20(2)13-14-7-9-16(21-3)10-8-14/h5-11,18H,4,12-13H2,1-3H3. The molecule has 21 heavy (non-hydrogen) atoms. The number of methoxy groups -OCH3 is 1. The number of benzene rings is 1. The number of hydrogen-bond donors (Lipinski definition) is 1. The van der Waals surface area contributed by atoms with E-state index in [1.54, 1.807) is 7.11 Å². The summed E-state index contributed by atoms with van der Waals surface area (Å²) in [6, 6.07) is 12.2. The molecular formula is C17H23N3O. The van der Waals surface area contributed by atoms with E-state index in [0.717, 1.165) is 31.2 Å². The number of aromatic nitrogens is 1. The lowest BCUT2D eigenvalue weighted by Crippen LogP contribution is -2.21. The molecule has 0 bridgehead atoms. The van der Waals surface area contributed by atoms with E-state index in [1.807, 2.05) is 24.4 Å². The molecular weight excluding hydrogens is 262 g/mol. The van der Waals surface area contributed by atoms with Gasteiger partial charge in [0.1, 0.15) is 11.6 Å². The van der Waals surface area contributed by atoms with Crippen LogP contribution in [0.3, 0.4) is 0 Å². The first-order valence-electron chi connectivity index (χ1n) is 7.23. The molecule has 0 atom stereocenters. The predicted molar refractivity (Wildman–Crippen MR) is 86.7 cm³/mol. The fourth-order valence-corrected chi connectivity index (χ4v) is 2.25. The van der Waals surface area contributed by atoms with Gasteiger partial charge in [-0.15, -0.1) is 0 Å². The maximum absolute atomic E-state index is 5.19. The van der Waals surface area contributed by atoms with Crippen LogP contribution in [0.15, 0.2) is 42.6 Å². The van der Waals surface area contributed by atoms with Crippen LogP contribution in [-0.2, 0) is 13.1 Å². The zero-order valence-corrected chi connectivity index (χ0v) is 13.0. The maximum Gasteiger partial charge on any atom is 0.133 e. The summed E-state index contributed by atoms with van der Waals surface area (Å²) in [4.78, 5) is 6.70. The van der Waals surface area contributed by atoms with Gasteiger partial charge < -0.3 is 15.0 Å². The Kier molecular flexibility index (Phi) is 5.58. The average Bonchev–Trinajstić information content (AvgIpc) is 2.54. The zero-order valence-electron chi connectivity index (χ0n) is 13.0. The Labute approximate surface area is 126 Å². The molecule has 1 heterocycles. The van der Waals surface area contributed by atoms with Crippen molar-refractivity contribution in [3.63, 3.8) is 0 Å². The number of anilines is 1. The first kappa shape index (κ1) is 15.3. The SMILES string of the molecule is CCNCc1cccnc1N(C)Cc1ccc(OC)cc1. The lowest BCUT2D eigenvalue weighted by molar-refractivity contribution is 0.414. The van der Waals surface area contributed by atoms with Crippen LogP contribution < -0.4 is 15.0 Å². The van der Waals surface area contributed by atoms with Crippen molar-refractivity contribution in [1.82, 2.24) is 10.3 Å². The van der Waals surface area contributed by atoms with E-state index in [9.17, 15) is 0 Å². The van der Waals surface area contributed by atoms with Crippen molar-refractivity contribution in [2.24, 2.45) is 0 Å². The van der Waals surface area contributed by atoms with Crippen molar-refractivity contribution in [3.8, 4) is 5.75 Å². The summed E-state index contributed by atoms with van der Waals surface area (Å²) < 4.78 is 5.19. The molecule has 0 aliphatic carbocycles. The molecule has 4 heteroatoms. The Bertz CT molecular complexity index is 554. The van der Waals surface area contributed by atoms with Gasteiger partial charge in [0.15, 0.2) is 0 Å². The Balaban J connectivity index is 2.09. The minimum atomic E-state index is 0.820. The van der Waals surface area contributed by atoms with Gasteiger partial charge in [-0.1, -0.05) is 25.1 Å². The molecule has 1 aromatic carbocycles. The van der Waals surface area contributed by atoms with Crippen LogP contribution in [0.25, 0.3) is 0 Å². The maximum atomic E-state index is 5.19. The van der Waals surface area contributed by atoms with E-state index < -0.39 is 0 Å². The van der Waals surface area contributed by atoms with Crippen molar-refractivity contribution >= 4 is 5.82 Å². The van der Waals surface area contributed by atoms with Crippen LogP contribution >= 0.6 is 0 Å². The molecule has 0 aliphatic rings. The Morgan fingerprint density at radius 2 is 1.95 bits per heavy atom. The van der Waals surface area contributed by atoms with Gasteiger partial charge in [0, 0.05) is 31.9 Å². The quantitative estimate of drug-likeness (QED) is 0.849. The fourth-order valence-electron chi connectivity index (χ4n) is 2.25. The van der Waals surface area contributed by atoms with Gasteiger partial charge in [-0.2, -0.15) is 0 Å². The van der Waals surface area contributed by atoms with Crippen LogP contribution in [0, 0.1) is 0 Å². The summed E-state index contributed by atoms with van der Waals surface area (Å²) in [5, 5.41) is 3.36. The second-order valence-electron chi connectivity index (χ2n) is 4.97. The average molecular weight is 285 g/mol. The highest BCUT2D eigenvalue weighted by molar-refractivity contribution is 5.46. The first-order valence-corrected chi connectivity index (χ1v) is 7.23. The molecule has 0 aliphatic heterocycles. The highest BCUT2D eigenvalue weighted by Crippen LogP contribution is 2.19. The summed E-state index contributed by atoms with van der Waals surface area (Å²) in [7, 11) is 3.75. The summed E-state index contributed by atoms with van der Waals surface area (Å²) in [5.41, 5.74) is 2.45. The van der Waals surface area contributed by atoms with Crippen LogP contribution in [-0.4, -0.2) is 25.7 Å². The highest BCUT2D eigenvalue weighted by Gasteiger charge is 2.09. The molecule has 1 aromatic heterocycles. The van der Waals surface area contributed by atoms with E-state index in [4.69, 9.17) is 4.74 Å². The van der Waals surface area contributed by atoms with E-state index in [1.165, 1.54) is 11.1 Å². The van der Waals surface area contributed by atoms with Crippen molar-refractivity contribution in [1.29, 1.82) is 0 Å². The normalized spacial score (nSPS) is 10.4. The smallest absolute Gasteiger partial charge is 0.133 e. The monoisotopic (exact) mass is 285 g/mol. The number of ether oxygens (including phenoxy) is 1.